The van der Waals surface area contributed by atoms with Crippen molar-refractivity contribution in [2.45, 2.75) is 30.9 Å². The standard InChI is InChI=1S/C38H40N2O6/c1-4-22-38(37(42)39-23-21-27-11-20-33(43-2)34(26-27)44-3)35(30-14-12-29(13-15-30)28-9-6-5-7-10-28)46-36(40-38)31-16-18-32(19-17-31)45-25-8-24-41/h4-7,9-20,26,35,41H,1,8,21-25H2,2-3H3,(H,39,42)/t35-,38-/m1/s1. The fourth-order valence-corrected chi connectivity index (χ4v) is 5.53. The smallest absolute Gasteiger partial charge is 0.252 e. The highest BCUT2D eigenvalue weighted by atomic mass is 16.5. The van der Waals surface area contributed by atoms with E-state index in [0.717, 1.165) is 27.8 Å². The van der Waals surface area contributed by atoms with Gasteiger partial charge < -0.3 is 29.4 Å². The predicted molar refractivity (Wildman–Crippen MR) is 180 cm³/mol. The Labute approximate surface area is 270 Å². The molecule has 0 spiro atoms. The van der Waals surface area contributed by atoms with Crippen LogP contribution in [0.4, 0.5) is 0 Å². The van der Waals surface area contributed by atoms with E-state index in [0.29, 0.717) is 49.1 Å². The number of carbonyl (C=O) groups excluding carboxylic acids is 1. The van der Waals surface area contributed by atoms with Crippen molar-refractivity contribution in [3.05, 3.63) is 126 Å². The number of nitrogens with one attached hydrogen (secondary N) is 1. The third-order valence-electron chi connectivity index (χ3n) is 7.95. The first kappa shape index (κ1) is 32.3. The second kappa shape index (κ2) is 15.3. The fraction of sp³-hybridized carbons (Fsp3) is 0.263. The number of methoxy groups -OCH3 is 2. The summed E-state index contributed by atoms with van der Waals surface area (Å²) >= 11 is 0. The molecule has 1 heterocycles. The largest absolute Gasteiger partial charge is 0.494 e. The molecule has 8 nitrogen and oxygen atoms in total. The first-order chi connectivity index (χ1) is 22.5. The lowest BCUT2D eigenvalue weighted by Crippen LogP contribution is -2.48. The van der Waals surface area contributed by atoms with E-state index in [-0.39, 0.29) is 18.9 Å². The highest BCUT2D eigenvalue weighted by molar-refractivity contribution is 6.01. The van der Waals surface area contributed by atoms with Gasteiger partial charge in [0.1, 0.15) is 5.75 Å². The molecule has 0 radical (unpaired) electrons. The summed E-state index contributed by atoms with van der Waals surface area (Å²) in [5, 5.41) is 12.2. The number of benzene rings is 4. The number of ether oxygens (including phenoxy) is 4. The molecular formula is C38H40N2O6. The van der Waals surface area contributed by atoms with Gasteiger partial charge in [0, 0.05) is 31.6 Å². The van der Waals surface area contributed by atoms with E-state index in [2.05, 4.69) is 24.0 Å². The highest BCUT2D eigenvalue weighted by Gasteiger charge is 2.52. The molecule has 0 fully saturated rings. The quantitative estimate of drug-likeness (QED) is 0.119. The maximum atomic E-state index is 14.2. The number of hydrogen-bond acceptors (Lipinski definition) is 7. The fourth-order valence-electron chi connectivity index (χ4n) is 5.53. The van der Waals surface area contributed by atoms with E-state index < -0.39 is 11.6 Å². The van der Waals surface area contributed by atoms with Crippen LogP contribution < -0.4 is 19.5 Å². The van der Waals surface area contributed by atoms with E-state index in [1.165, 1.54) is 0 Å². The van der Waals surface area contributed by atoms with Crippen LogP contribution in [0, 0.1) is 0 Å². The lowest BCUT2D eigenvalue weighted by atomic mass is 9.84. The topological polar surface area (TPSA) is 98.6 Å². The van der Waals surface area contributed by atoms with Crippen molar-refractivity contribution in [1.29, 1.82) is 0 Å². The zero-order chi connectivity index (χ0) is 32.4. The highest BCUT2D eigenvalue weighted by Crippen LogP contribution is 2.43. The monoisotopic (exact) mass is 620 g/mol. The molecule has 1 aliphatic rings. The Morgan fingerprint density at radius 1 is 0.935 bits per heavy atom. The van der Waals surface area contributed by atoms with Gasteiger partial charge in [-0.25, -0.2) is 4.99 Å². The molecule has 0 saturated carbocycles. The molecule has 0 aromatic heterocycles. The Morgan fingerprint density at radius 3 is 2.30 bits per heavy atom. The van der Waals surface area contributed by atoms with Gasteiger partial charge in [0.05, 0.1) is 20.8 Å². The van der Waals surface area contributed by atoms with Crippen LogP contribution in [0.5, 0.6) is 17.2 Å². The second-order valence-corrected chi connectivity index (χ2v) is 11.0. The molecule has 8 heteroatoms. The van der Waals surface area contributed by atoms with Crippen molar-refractivity contribution >= 4 is 11.8 Å². The molecule has 4 aromatic rings. The summed E-state index contributed by atoms with van der Waals surface area (Å²) in [5.74, 6) is 2.09. The molecule has 2 atom stereocenters. The van der Waals surface area contributed by atoms with Crippen molar-refractivity contribution in [1.82, 2.24) is 5.32 Å². The summed E-state index contributed by atoms with van der Waals surface area (Å²) in [7, 11) is 3.20. The second-order valence-electron chi connectivity index (χ2n) is 11.0. The molecule has 238 valence electrons. The van der Waals surface area contributed by atoms with Crippen molar-refractivity contribution < 1.29 is 28.8 Å². The number of aliphatic hydroxyl groups is 1. The lowest BCUT2D eigenvalue weighted by Gasteiger charge is -2.30. The number of nitrogens with zero attached hydrogens (tertiary/aromatic N) is 1. The minimum Gasteiger partial charge on any atom is -0.494 e. The Balaban J connectivity index is 1.43. The molecule has 0 aliphatic carbocycles. The average Bonchev–Trinajstić information content (AvgIpc) is 3.49. The zero-order valence-corrected chi connectivity index (χ0v) is 26.3. The van der Waals surface area contributed by atoms with Gasteiger partial charge >= 0.3 is 0 Å². The summed E-state index contributed by atoms with van der Waals surface area (Å²) in [6, 6.07) is 31.3. The maximum absolute atomic E-state index is 14.2. The van der Waals surface area contributed by atoms with Crippen molar-refractivity contribution in [3.63, 3.8) is 0 Å². The number of amides is 1. The van der Waals surface area contributed by atoms with Crippen LogP contribution in [0.1, 0.15) is 35.6 Å². The number of aliphatic imine (C=N–C) groups is 1. The molecular weight excluding hydrogens is 580 g/mol. The van der Waals surface area contributed by atoms with E-state index in [9.17, 15) is 4.79 Å². The van der Waals surface area contributed by atoms with Gasteiger partial charge in [0.2, 0.25) is 5.90 Å². The molecule has 0 bridgehead atoms. The van der Waals surface area contributed by atoms with Crippen LogP contribution >= 0.6 is 0 Å². The third-order valence-corrected chi connectivity index (χ3v) is 7.95. The molecule has 4 aromatic carbocycles. The minimum absolute atomic E-state index is 0.0676. The minimum atomic E-state index is -1.28. The van der Waals surface area contributed by atoms with Gasteiger partial charge in [-0.2, -0.15) is 0 Å². The first-order valence-corrected chi connectivity index (χ1v) is 15.4. The molecule has 5 rings (SSSR count). The summed E-state index contributed by atoms with van der Waals surface area (Å²) < 4.78 is 23.1. The van der Waals surface area contributed by atoms with Gasteiger partial charge in [0.25, 0.3) is 5.91 Å². The Morgan fingerprint density at radius 2 is 1.63 bits per heavy atom. The van der Waals surface area contributed by atoms with Gasteiger partial charge in [-0.3, -0.25) is 4.79 Å². The molecule has 0 unspecified atom stereocenters. The van der Waals surface area contributed by atoms with Crippen LogP contribution in [-0.2, 0) is 16.0 Å². The summed E-state index contributed by atoms with van der Waals surface area (Å²) in [6.45, 7) is 4.85. The van der Waals surface area contributed by atoms with E-state index >= 15 is 0 Å². The Hall–Kier alpha value is -5.08. The maximum Gasteiger partial charge on any atom is 0.252 e. The van der Waals surface area contributed by atoms with E-state index in [1.54, 1.807) is 20.3 Å². The normalized spacial score (nSPS) is 17.0. The summed E-state index contributed by atoms with van der Waals surface area (Å²) in [5.41, 5.74) is 3.44. The zero-order valence-electron chi connectivity index (χ0n) is 26.3. The number of carbonyl (C=O) groups is 1. The van der Waals surface area contributed by atoms with Crippen LogP contribution in [0.2, 0.25) is 0 Å². The Bertz CT molecular complexity index is 1640. The van der Waals surface area contributed by atoms with Crippen LogP contribution in [0.15, 0.2) is 115 Å². The van der Waals surface area contributed by atoms with Gasteiger partial charge in [-0.15, -0.1) is 6.58 Å². The summed E-state index contributed by atoms with van der Waals surface area (Å²) in [6.07, 6.45) is 2.43. The van der Waals surface area contributed by atoms with Crippen molar-refractivity contribution in [2.24, 2.45) is 4.99 Å². The van der Waals surface area contributed by atoms with Gasteiger partial charge in [-0.05, 0) is 65.1 Å². The lowest BCUT2D eigenvalue weighted by molar-refractivity contribution is -0.128. The Kier molecular flexibility index (Phi) is 10.7. The van der Waals surface area contributed by atoms with Crippen molar-refractivity contribution in [3.8, 4) is 28.4 Å². The molecule has 1 aliphatic heterocycles. The SMILES string of the molecule is C=CC[C@@]1(C(=O)NCCc2ccc(OC)c(OC)c2)N=C(c2ccc(OCCCO)cc2)O[C@@H]1c1ccc(-c2ccccc2)cc1. The van der Waals surface area contributed by atoms with Gasteiger partial charge in [0.15, 0.2) is 23.1 Å². The number of rotatable bonds is 15. The van der Waals surface area contributed by atoms with Crippen LogP contribution in [0.25, 0.3) is 11.1 Å². The van der Waals surface area contributed by atoms with Crippen LogP contribution in [0.3, 0.4) is 0 Å². The molecule has 0 saturated heterocycles. The predicted octanol–water partition coefficient (Wildman–Crippen LogP) is 6.32. The van der Waals surface area contributed by atoms with Crippen LogP contribution in [-0.4, -0.2) is 56.4 Å². The number of hydrogen-bond donors (Lipinski definition) is 2. The van der Waals surface area contributed by atoms with E-state index in [1.807, 2.05) is 84.9 Å². The van der Waals surface area contributed by atoms with Gasteiger partial charge in [-0.1, -0.05) is 66.7 Å². The molecule has 1 amide bonds. The summed E-state index contributed by atoms with van der Waals surface area (Å²) in [4.78, 5) is 19.2. The third kappa shape index (κ3) is 7.24. The average molecular weight is 621 g/mol. The van der Waals surface area contributed by atoms with Crippen molar-refractivity contribution in [2.75, 3.05) is 34.0 Å². The molecule has 46 heavy (non-hydrogen) atoms. The number of aliphatic hydroxyl groups excluding tert-OH is 1. The molecule has 2 N–H and O–H groups in total. The first-order valence-electron chi connectivity index (χ1n) is 15.4. The van der Waals surface area contributed by atoms with E-state index in [4.69, 9.17) is 29.0 Å².